The highest BCUT2D eigenvalue weighted by Crippen LogP contribution is 2.17. The summed E-state index contributed by atoms with van der Waals surface area (Å²) in [5.74, 6) is -0.595. The summed E-state index contributed by atoms with van der Waals surface area (Å²) in [4.78, 5) is 11.0. The molecule has 1 aromatic carbocycles. The molecule has 0 fully saturated rings. The van der Waals surface area contributed by atoms with E-state index in [1.54, 1.807) is 18.2 Å². The summed E-state index contributed by atoms with van der Waals surface area (Å²) in [6.45, 7) is 8.09. The van der Waals surface area contributed by atoms with Crippen LogP contribution in [0.15, 0.2) is 24.3 Å². The first kappa shape index (κ1) is 17.5. The second kappa shape index (κ2) is 8.64. The molecule has 0 aromatic heterocycles. The van der Waals surface area contributed by atoms with E-state index in [0.717, 1.165) is 0 Å². The van der Waals surface area contributed by atoms with Crippen LogP contribution in [0.4, 0.5) is 0 Å². The number of para-hydroxylation sites is 1. The summed E-state index contributed by atoms with van der Waals surface area (Å²) >= 11 is 0. The summed E-state index contributed by atoms with van der Waals surface area (Å²) in [6.07, 6.45) is 0.698. The van der Waals surface area contributed by atoms with E-state index in [9.17, 15) is 4.79 Å². The molecule has 118 valence electrons. The van der Waals surface area contributed by atoms with Crippen LogP contribution in [-0.4, -0.2) is 43.1 Å². The molecule has 0 saturated heterocycles. The van der Waals surface area contributed by atoms with E-state index in [-0.39, 0.29) is 11.2 Å². The van der Waals surface area contributed by atoms with Gasteiger partial charge in [0.15, 0.2) is 0 Å². The summed E-state index contributed by atoms with van der Waals surface area (Å²) in [7, 11) is 0. The van der Waals surface area contributed by atoms with Gasteiger partial charge in [-0.25, -0.2) is 4.79 Å². The Morgan fingerprint density at radius 2 is 1.81 bits per heavy atom. The van der Waals surface area contributed by atoms with E-state index in [1.165, 1.54) is 6.07 Å². The first-order valence-electron chi connectivity index (χ1n) is 7.07. The number of rotatable bonds is 9. The number of benzene rings is 1. The lowest BCUT2D eigenvalue weighted by Gasteiger charge is -2.19. The Bertz CT molecular complexity index is 437. The van der Waals surface area contributed by atoms with Crippen LogP contribution in [0, 0.1) is 0 Å². The smallest absolute Gasteiger partial charge is 0.339 e. The van der Waals surface area contributed by atoms with Crippen LogP contribution in [-0.2, 0) is 9.47 Å². The fourth-order valence-electron chi connectivity index (χ4n) is 1.62. The summed E-state index contributed by atoms with van der Waals surface area (Å²) in [6, 6.07) is 6.61. The molecule has 0 spiro atoms. The van der Waals surface area contributed by atoms with Crippen LogP contribution in [0.25, 0.3) is 0 Å². The number of carboxylic acid groups (broad SMARTS) is 1. The number of aromatic carboxylic acids is 1. The van der Waals surface area contributed by atoms with Crippen LogP contribution >= 0.6 is 0 Å². The van der Waals surface area contributed by atoms with E-state index in [0.29, 0.717) is 38.6 Å². The summed E-state index contributed by atoms with van der Waals surface area (Å²) in [5, 5.41) is 9.01. The first-order valence-corrected chi connectivity index (χ1v) is 7.07. The molecule has 0 radical (unpaired) electrons. The Morgan fingerprint density at radius 3 is 2.48 bits per heavy atom. The lowest BCUT2D eigenvalue weighted by molar-refractivity contribution is -0.0357. The molecule has 1 N–H and O–H groups in total. The molecule has 0 atom stereocenters. The zero-order valence-corrected chi connectivity index (χ0v) is 12.9. The van der Waals surface area contributed by atoms with Crippen LogP contribution < -0.4 is 4.74 Å². The van der Waals surface area contributed by atoms with E-state index < -0.39 is 5.97 Å². The lowest BCUT2D eigenvalue weighted by Crippen LogP contribution is -2.22. The maximum absolute atomic E-state index is 11.0. The number of hydrogen-bond donors (Lipinski definition) is 1. The van der Waals surface area contributed by atoms with Gasteiger partial charge in [-0.05, 0) is 32.9 Å². The van der Waals surface area contributed by atoms with Gasteiger partial charge < -0.3 is 19.3 Å². The van der Waals surface area contributed by atoms with Crippen molar-refractivity contribution in [2.45, 2.75) is 32.8 Å². The third-order valence-electron chi connectivity index (χ3n) is 2.57. The predicted octanol–water partition coefficient (Wildman–Crippen LogP) is 2.99. The van der Waals surface area contributed by atoms with Crippen molar-refractivity contribution in [1.82, 2.24) is 0 Å². The fourth-order valence-corrected chi connectivity index (χ4v) is 1.62. The van der Waals surface area contributed by atoms with Gasteiger partial charge in [0.25, 0.3) is 0 Å². The SMILES string of the molecule is CC(C)(C)OCCOCCCOc1ccccc1C(=O)O. The highest BCUT2D eigenvalue weighted by Gasteiger charge is 2.10. The van der Waals surface area contributed by atoms with Crippen LogP contribution in [0.1, 0.15) is 37.6 Å². The van der Waals surface area contributed by atoms with Gasteiger partial charge in [0.1, 0.15) is 11.3 Å². The highest BCUT2D eigenvalue weighted by atomic mass is 16.5. The van der Waals surface area contributed by atoms with Gasteiger partial charge in [-0.2, -0.15) is 0 Å². The molecule has 0 heterocycles. The fraction of sp³-hybridized carbons (Fsp3) is 0.562. The summed E-state index contributed by atoms with van der Waals surface area (Å²) < 4.78 is 16.4. The highest BCUT2D eigenvalue weighted by molar-refractivity contribution is 5.90. The molecule has 5 heteroatoms. The van der Waals surface area contributed by atoms with Crippen molar-refractivity contribution in [3.8, 4) is 5.75 Å². The Kier molecular flexibility index (Phi) is 7.19. The quantitative estimate of drug-likeness (QED) is 0.710. The third kappa shape index (κ3) is 7.68. The van der Waals surface area contributed by atoms with E-state index >= 15 is 0 Å². The molecule has 0 unspecified atom stereocenters. The van der Waals surface area contributed by atoms with E-state index in [2.05, 4.69) is 0 Å². The molecular formula is C16H24O5. The van der Waals surface area contributed by atoms with Gasteiger partial charge >= 0.3 is 5.97 Å². The molecular weight excluding hydrogens is 272 g/mol. The second-order valence-corrected chi connectivity index (χ2v) is 5.58. The van der Waals surface area contributed by atoms with Gasteiger partial charge in [0.2, 0.25) is 0 Å². The van der Waals surface area contributed by atoms with Gasteiger partial charge in [0.05, 0.1) is 25.4 Å². The number of carboxylic acids is 1. The van der Waals surface area contributed by atoms with Crippen LogP contribution in [0.2, 0.25) is 0 Å². The van der Waals surface area contributed by atoms with Gasteiger partial charge in [-0.1, -0.05) is 12.1 Å². The van der Waals surface area contributed by atoms with Gasteiger partial charge in [-0.3, -0.25) is 0 Å². The molecule has 21 heavy (non-hydrogen) atoms. The topological polar surface area (TPSA) is 65.0 Å². The summed E-state index contributed by atoms with van der Waals surface area (Å²) in [5.41, 5.74) is 0.0320. The normalized spacial score (nSPS) is 11.4. The van der Waals surface area contributed by atoms with Crippen molar-refractivity contribution >= 4 is 5.97 Å². The third-order valence-corrected chi connectivity index (χ3v) is 2.57. The molecule has 5 nitrogen and oxygen atoms in total. The molecule has 0 aliphatic carbocycles. The maximum atomic E-state index is 11.0. The molecule has 1 aromatic rings. The van der Waals surface area contributed by atoms with E-state index in [4.69, 9.17) is 19.3 Å². The monoisotopic (exact) mass is 296 g/mol. The Labute approximate surface area is 125 Å². The Balaban J connectivity index is 2.14. The van der Waals surface area contributed by atoms with Gasteiger partial charge in [-0.15, -0.1) is 0 Å². The zero-order valence-electron chi connectivity index (χ0n) is 12.9. The molecule has 0 aliphatic heterocycles. The minimum atomic E-state index is -0.985. The average Bonchev–Trinajstić information content (AvgIpc) is 2.41. The number of carbonyl (C=O) groups is 1. The molecule has 0 amide bonds. The standard InChI is InChI=1S/C16H24O5/c1-16(2,3)21-12-11-19-9-6-10-20-14-8-5-4-7-13(14)15(17)18/h4-5,7-8H,6,9-12H2,1-3H3,(H,17,18). The first-order chi connectivity index (χ1) is 9.90. The predicted molar refractivity (Wildman–Crippen MR) is 80.0 cm³/mol. The molecule has 0 aliphatic rings. The zero-order chi connectivity index (χ0) is 15.7. The minimum Gasteiger partial charge on any atom is -0.493 e. The maximum Gasteiger partial charge on any atom is 0.339 e. The van der Waals surface area contributed by atoms with Crippen molar-refractivity contribution in [3.63, 3.8) is 0 Å². The average molecular weight is 296 g/mol. The van der Waals surface area contributed by atoms with Gasteiger partial charge in [0, 0.05) is 13.0 Å². The van der Waals surface area contributed by atoms with Crippen molar-refractivity contribution in [3.05, 3.63) is 29.8 Å². The lowest BCUT2D eigenvalue weighted by atomic mass is 10.2. The number of hydrogen-bond acceptors (Lipinski definition) is 4. The Hall–Kier alpha value is -1.59. The largest absolute Gasteiger partial charge is 0.493 e. The molecule has 0 bridgehead atoms. The molecule has 1 rings (SSSR count). The van der Waals surface area contributed by atoms with E-state index in [1.807, 2.05) is 20.8 Å². The number of ether oxygens (including phenoxy) is 3. The van der Waals surface area contributed by atoms with Crippen molar-refractivity contribution in [2.75, 3.05) is 26.4 Å². The second-order valence-electron chi connectivity index (χ2n) is 5.58. The van der Waals surface area contributed by atoms with Crippen molar-refractivity contribution < 1.29 is 24.1 Å². The Morgan fingerprint density at radius 1 is 1.10 bits per heavy atom. The minimum absolute atomic E-state index is 0.146. The van der Waals surface area contributed by atoms with Crippen molar-refractivity contribution in [2.24, 2.45) is 0 Å². The van der Waals surface area contributed by atoms with Crippen LogP contribution in [0.3, 0.4) is 0 Å². The van der Waals surface area contributed by atoms with Crippen molar-refractivity contribution in [1.29, 1.82) is 0 Å². The molecule has 0 saturated carbocycles. The van der Waals surface area contributed by atoms with Crippen LogP contribution in [0.5, 0.6) is 5.75 Å².